The van der Waals surface area contributed by atoms with Crippen LogP contribution in [-0.4, -0.2) is 99.1 Å². The van der Waals surface area contributed by atoms with Crippen molar-refractivity contribution in [2.24, 2.45) is 0 Å². The maximum absolute atomic E-state index is 13.4. The van der Waals surface area contributed by atoms with Gasteiger partial charge in [-0.05, 0) is 66.9 Å². The highest BCUT2D eigenvalue weighted by atomic mass is 35.5. The first-order valence-electron chi connectivity index (χ1n) is 19.9. The maximum Gasteiger partial charge on any atom is 0.266 e. The van der Waals surface area contributed by atoms with Crippen LogP contribution in [0.1, 0.15) is 46.0 Å². The molecule has 2 aliphatic rings. The van der Waals surface area contributed by atoms with Crippen LogP contribution in [-0.2, 0) is 30.4 Å². The van der Waals surface area contributed by atoms with E-state index >= 15 is 0 Å². The van der Waals surface area contributed by atoms with Crippen LogP contribution in [0.25, 0.3) is 33.4 Å². The molecule has 16 heteroatoms. The third kappa shape index (κ3) is 9.93. The summed E-state index contributed by atoms with van der Waals surface area (Å²) in [7, 11) is 0. The number of carbonyl (C=O) groups excluding carboxylic acids is 4. The summed E-state index contributed by atoms with van der Waals surface area (Å²) in [5.41, 5.74) is 3.96. The van der Waals surface area contributed by atoms with E-state index in [2.05, 4.69) is 10.6 Å². The van der Waals surface area contributed by atoms with Crippen molar-refractivity contribution in [3.05, 3.63) is 111 Å². The summed E-state index contributed by atoms with van der Waals surface area (Å²) >= 11 is 6.67. The highest BCUT2D eigenvalue weighted by Crippen LogP contribution is 2.37. The van der Waals surface area contributed by atoms with Gasteiger partial charge in [-0.15, -0.1) is 0 Å². The van der Waals surface area contributed by atoms with E-state index in [1.807, 2.05) is 37.3 Å². The molecule has 0 radical (unpaired) electrons. The molecule has 0 bridgehead atoms. The van der Waals surface area contributed by atoms with Crippen molar-refractivity contribution in [1.29, 1.82) is 0 Å². The average Bonchev–Trinajstić information content (AvgIpc) is 3.51. The number of halogens is 1. The maximum atomic E-state index is 13.4. The van der Waals surface area contributed by atoms with Gasteiger partial charge in [0.05, 0.1) is 74.4 Å². The normalized spacial score (nSPS) is 15.0. The summed E-state index contributed by atoms with van der Waals surface area (Å²) in [5.74, 6) is -1.27. The monoisotopic (exact) mass is 853 g/mol. The summed E-state index contributed by atoms with van der Waals surface area (Å²) in [5, 5.41) is 15.9. The highest BCUT2D eigenvalue weighted by Gasteiger charge is 2.46. The molecule has 4 amide bonds. The van der Waals surface area contributed by atoms with Crippen molar-refractivity contribution in [1.82, 2.24) is 10.2 Å². The molecule has 2 aliphatic heterocycles. The zero-order chi connectivity index (χ0) is 42.9. The Kier molecular flexibility index (Phi) is 14.1. The van der Waals surface area contributed by atoms with Gasteiger partial charge in [-0.3, -0.25) is 34.2 Å². The summed E-state index contributed by atoms with van der Waals surface area (Å²) in [4.78, 5) is 64.3. The van der Waals surface area contributed by atoms with Crippen LogP contribution in [0, 0.1) is 0 Å². The number of anilines is 1. The van der Waals surface area contributed by atoms with Crippen LogP contribution in [0.3, 0.4) is 0 Å². The number of aliphatic hydroxyl groups is 1. The third-order valence-electron chi connectivity index (χ3n) is 10.0. The number of hydrogen-bond donors (Lipinski definition) is 3. The molecule has 1 aromatic heterocycles. The van der Waals surface area contributed by atoms with E-state index < -0.39 is 29.7 Å². The lowest BCUT2D eigenvalue weighted by Crippen LogP contribution is -2.54. The molecule has 5 aromatic rings. The van der Waals surface area contributed by atoms with E-state index in [0.717, 1.165) is 27.3 Å². The van der Waals surface area contributed by atoms with Crippen LogP contribution < -0.4 is 25.5 Å². The molecule has 3 heterocycles. The number of carbonyl (C=O) groups is 4. The summed E-state index contributed by atoms with van der Waals surface area (Å²) < 4.78 is 34.7. The van der Waals surface area contributed by atoms with E-state index in [9.17, 15) is 29.1 Å². The minimum atomic E-state index is -1.05. The summed E-state index contributed by atoms with van der Waals surface area (Å²) in [6.07, 6.45) is 0.108. The van der Waals surface area contributed by atoms with Crippen molar-refractivity contribution >= 4 is 51.9 Å². The lowest BCUT2D eigenvalue weighted by molar-refractivity contribution is -0.136. The first-order valence-corrected chi connectivity index (χ1v) is 20.2. The molecule has 318 valence electrons. The lowest BCUT2D eigenvalue weighted by atomic mass is 10.00. The van der Waals surface area contributed by atoms with E-state index in [1.165, 1.54) is 12.1 Å². The molecule has 3 N–H and O–H groups in total. The predicted octanol–water partition coefficient (Wildman–Crippen LogP) is 5.61. The Balaban J connectivity index is 0.800. The van der Waals surface area contributed by atoms with Crippen molar-refractivity contribution in [3.63, 3.8) is 0 Å². The molecule has 1 atom stereocenters. The van der Waals surface area contributed by atoms with Crippen LogP contribution in [0.4, 0.5) is 5.69 Å². The van der Waals surface area contributed by atoms with Crippen molar-refractivity contribution < 1.29 is 52.4 Å². The smallest absolute Gasteiger partial charge is 0.266 e. The summed E-state index contributed by atoms with van der Waals surface area (Å²) in [6.45, 7) is 4.77. The molecule has 0 saturated carbocycles. The lowest BCUT2D eigenvalue weighted by Gasteiger charge is -2.27. The predicted molar refractivity (Wildman–Crippen MR) is 225 cm³/mol. The molecule has 1 fully saturated rings. The number of nitrogens with zero attached hydrogens (tertiary/aromatic N) is 1. The molecule has 61 heavy (non-hydrogen) atoms. The first kappa shape index (κ1) is 43.0. The number of aliphatic hydroxyl groups excluding tert-OH is 1. The van der Waals surface area contributed by atoms with Gasteiger partial charge in [0.15, 0.2) is 5.43 Å². The third-order valence-corrected chi connectivity index (χ3v) is 10.3. The standard InChI is InChI=1S/C45H44ClN3O12/c1-2-59-38-25-40-33(23-32(38)28-6-3-5-27(21-28)26-50)36(51)24-39(61-40)30-10-9-29(22-34(30)46)47-13-14-56-15-16-57-17-18-58-19-20-60-37-8-4-7-31-42(37)45(55)49(44(31)54)35-11-12-41(52)48-43(35)53/h3-10,21-25,35,47,50H,2,11-20,26H2,1H3,(H,48,52,53). The molecular formula is C45H44ClN3O12. The van der Waals surface area contributed by atoms with E-state index in [-0.39, 0.29) is 55.0 Å². The van der Waals surface area contributed by atoms with Crippen LogP contribution in [0.5, 0.6) is 11.5 Å². The number of nitrogens with one attached hydrogen (secondary N) is 2. The fourth-order valence-electron chi connectivity index (χ4n) is 7.10. The Morgan fingerprint density at radius 3 is 2.28 bits per heavy atom. The zero-order valence-electron chi connectivity index (χ0n) is 33.3. The number of ether oxygens (including phenoxy) is 5. The van der Waals surface area contributed by atoms with Crippen molar-refractivity contribution in [2.45, 2.75) is 32.4 Å². The minimum absolute atomic E-state index is 0.0378. The Bertz CT molecular complexity index is 2510. The number of fused-ring (bicyclic) bond motifs is 2. The number of benzene rings is 4. The van der Waals surface area contributed by atoms with Gasteiger partial charge >= 0.3 is 0 Å². The van der Waals surface area contributed by atoms with Gasteiger partial charge in [0.1, 0.15) is 35.5 Å². The van der Waals surface area contributed by atoms with Crippen molar-refractivity contribution in [3.8, 4) is 33.9 Å². The number of imide groups is 2. The largest absolute Gasteiger partial charge is 0.493 e. The first-order chi connectivity index (χ1) is 29.7. The quantitative estimate of drug-likeness (QED) is 0.0647. The second-order valence-corrected chi connectivity index (χ2v) is 14.5. The fraction of sp³-hybridized carbons (Fsp3) is 0.311. The molecule has 0 spiro atoms. The molecule has 1 unspecified atom stereocenters. The topological polar surface area (TPSA) is 192 Å². The molecule has 0 aliphatic carbocycles. The second kappa shape index (κ2) is 20.0. The molecule has 4 aromatic carbocycles. The second-order valence-electron chi connectivity index (χ2n) is 14.0. The Hall–Kier alpha value is -6.10. The van der Waals surface area contributed by atoms with Crippen LogP contribution >= 0.6 is 11.6 Å². The van der Waals surface area contributed by atoms with Gasteiger partial charge < -0.3 is 38.5 Å². The SMILES string of the molecule is CCOc1cc2oc(-c3ccc(NCCOCCOCCOCCOc4cccc5c4C(=O)N(C4CCC(=O)NC4=O)C5=O)cc3Cl)cc(=O)c2cc1-c1cccc(CO)c1. The molecular weight excluding hydrogens is 810 g/mol. The van der Waals surface area contributed by atoms with Crippen LogP contribution in [0.15, 0.2) is 88.1 Å². The van der Waals surface area contributed by atoms with Gasteiger partial charge in [-0.1, -0.05) is 35.9 Å². The minimum Gasteiger partial charge on any atom is -0.493 e. The Morgan fingerprint density at radius 2 is 1.54 bits per heavy atom. The number of hydrogen-bond acceptors (Lipinski definition) is 13. The Labute approximate surface area is 355 Å². The fourth-order valence-corrected chi connectivity index (χ4v) is 7.38. The van der Waals surface area contributed by atoms with E-state index in [1.54, 1.807) is 36.4 Å². The van der Waals surface area contributed by atoms with Gasteiger partial charge in [0.2, 0.25) is 11.8 Å². The van der Waals surface area contributed by atoms with Crippen LogP contribution in [0.2, 0.25) is 5.02 Å². The summed E-state index contributed by atoms with van der Waals surface area (Å²) in [6, 6.07) is 21.3. The molecule has 1 saturated heterocycles. The number of amides is 4. The van der Waals surface area contributed by atoms with Gasteiger partial charge in [-0.25, -0.2) is 0 Å². The molecule has 7 rings (SSSR count). The van der Waals surface area contributed by atoms with E-state index in [0.29, 0.717) is 79.3 Å². The van der Waals surface area contributed by atoms with Gasteiger partial charge in [0, 0.05) is 41.9 Å². The van der Waals surface area contributed by atoms with Crippen molar-refractivity contribution in [2.75, 3.05) is 64.7 Å². The average molecular weight is 854 g/mol. The number of piperidine rings is 1. The van der Waals surface area contributed by atoms with E-state index in [4.69, 9.17) is 39.7 Å². The number of rotatable bonds is 20. The Morgan fingerprint density at radius 1 is 0.787 bits per heavy atom. The highest BCUT2D eigenvalue weighted by molar-refractivity contribution is 6.33. The molecule has 15 nitrogen and oxygen atoms in total. The van der Waals surface area contributed by atoms with Gasteiger partial charge in [0.25, 0.3) is 11.8 Å². The van der Waals surface area contributed by atoms with Gasteiger partial charge in [-0.2, -0.15) is 0 Å². The zero-order valence-corrected chi connectivity index (χ0v) is 34.1.